The molecule has 2 nitrogen and oxygen atoms in total. The van der Waals surface area contributed by atoms with Crippen molar-refractivity contribution in [2.24, 2.45) is 17.6 Å². The molecule has 1 fully saturated rings. The summed E-state index contributed by atoms with van der Waals surface area (Å²) in [7, 11) is 2.25. The molecule has 0 aromatic carbocycles. The minimum absolute atomic E-state index is 0.218. The molecule has 102 valence electrons. The quantitative estimate of drug-likeness (QED) is 0.905. The minimum atomic E-state index is 0.218. The number of hydrogen-bond donors (Lipinski definition) is 1. The van der Waals surface area contributed by atoms with E-state index in [0.29, 0.717) is 0 Å². The molecule has 1 aliphatic rings. The molecule has 3 unspecified atom stereocenters. The van der Waals surface area contributed by atoms with Gasteiger partial charge in [0.15, 0.2) is 0 Å². The Morgan fingerprint density at radius 1 is 1.44 bits per heavy atom. The van der Waals surface area contributed by atoms with E-state index in [4.69, 9.17) is 5.73 Å². The number of hydrogen-bond acceptors (Lipinski definition) is 3. The van der Waals surface area contributed by atoms with E-state index in [0.717, 1.165) is 24.9 Å². The number of thiophene rings is 1. The van der Waals surface area contributed by atoms with Gasteiger partial charge in [-0.05, 0) is 49.6 Å². The van der Waals surface area contributed by atoms with E-state index in [1.54, 1.807) is 0 Å². The first-order valence-electron chi connectivity index (χ1n) is 7.01. The average molecular weight is 266 g/mol. The van der Waals surface area contributed by atoms with Crippen LogP contribution in [0.15, 0.2) is 17.5 Å². The predicted molar refractivity (Wildman–Crippen MR) is 79.8 cm³/mol. The van der Waals surface area contributed by atoms with Gasteiger partial charge in [-0.25, -0.2) is 0 Å². The van der Waals surface area contributed by atoms with Gasteiger partial charge < -0.3 is 5.73 Å². The molecule has 0 bridgehead atoms. The molecule has 0 spiro atoms. The second-order valence-corrected chi connectivity index (χ2v) is 7.09. The van der Waals surface area contributed by atoms with Crippen LogP contribution in [-0.2, 0) is 6.54 Å². The van der Waals surface area contributed by atoms with Gasteiger partial charge in [0.25, 0.3) is 0 Å². The monoisotopic (exact) mass is 266 g/mol. The zero-order valence-electron chi connectivity index (χ0n) is 11.9. The number of nitrogens with two attached hydrogens (primary N) is 1. The van der Waals surface area contributed by atoms with Gasteiger partial charge in [0.2, 0.25) is 0 Å². The molecule has 2 N–H and O–H groups in total. The van der Waals surface area contributed by atoms with Crippen molar-refractivity contribution in [2.45, 2.75) is 45.2 Å². The van der Waals surface area contributed by atoms with E-state index >= 15 is 0 Å². The van der Waals surface area contributed by atoms with Gasteiger partial charge in [-0.15, -0.1) is 11.3 Å². The predicted octanol–water partition coefficient (Wildman–Crippen LogP) is 3.33. The van der Waals surface area contributed by atoms with Gasteiger partial charge in [0.05, 0.1) is 0 Å². The summed E-state index contributed by atoms with van der Waals surface area (Å²) in [4.78, 5) is 3.94. The average Bonchev–Trinajstić information content (AvgIpc) is 2.85. The Bertz CT molecular complexity index is 363. The van der Waals surface area contributed by atoms with Crippen LogP contribution in [0.25, 0.3) is 0 Å². The van der Waals surface area contributed by atoms with Crippen molar-refractivity contribution in [3.63, 3.8) is 0 Å². The maximum Gasteiger partial charge on any atom is 0.0335 e. The van der Waals surface area contributed by atoms with Crippen LogP contribution in [0.4, 0.5) is 0 Å². The SMILES string of the molecule is CC1CCC(CN)(N(C)Cc2cccs2)CC1C. The van der Waals surface area contributed by atoms with E-state index in [1.807, 2.05) is 11.3 Å². The second-order valence-electron chi connectivity index (χ2n) is 6.06. The third-order valence-electron chi connectivity index (χ3n) is 4.90. The number of nitrogens with zero attached hydrogens (tertiary/aromatic N) is 1. The molecule has 0 aliphatic heterocycles. The lowest BCUT2D eigenvalue weighted by Crippen LogP contribution is -2.55. The molecule has 0 saturated heterocycles. The van der Waals surface area contributed by atoms with Crippen molar-refractivity contribution >= 4 is 11.3 Å². The molecule has 18 heavy (non-hydrogen) atoms. The van der Waals surface area contributed by atoms with E-state index in [-0.39, 0.29) is 5.54 Å². The normalized spacial score (nSPS) is 32.9. The molecule has 1 heterocycles. The molecule has 1 aromatic rings. The smallest absolute Gasteiger partial charge is 0.0335 e. The lowest BCUT2D eigenvalue weighted by molar-refractivity contribution is 0.0356. The summed E-state index contributed by atoms with van der Waals surface area (Å²) in [6.45, 7) is 6.58. The van der Waals surface area contributed by atoms with Gasteiger partial charge in [-0.3, -0.25) is 4.90 Å². The third kappa shape index (κ3) is 2.79. The lowest BCUT2D eigenvalue weighted by atomic mass is 9.70. The molecular weight excluding hydrogens is 240 g/mol. The summed E-state index contributed by atoms with van der Waals surface area (Å²) in [5, 5.41) is 2.16. The third-order valence-corrected chi connectivity index (χ3v) is 5.76. The van der Waals surface area contributed by atoms with Crippen LogP contribution < -0.4 is 5.73 Å². The fourth-order valence-electron chi connectivity index (χ4n) is 3.18. The Kier molecular flexibility index (Phi) is 4.46. The minimum Gasteiger partial charge on any atom is -0.329 e. The summed E-state index contributed by atoms with van der Waals surface area (Å²) >= 11 is 1.84. The Morgan fingerprint density at radius 2 is 2.22 bits per heavy atom. The van der Waals surface area contributed by atoms with E-state index in [2.05, 4.69) is 43.3 Å². The second kappa shape index (κ2) is 5.72. The van der Waals surface area contributed by atoms with Crippen molar-refractivity contribution in [1.29, 1.82) is 0 Å². The zero-order valence-corrected chi connectivity index (χ0v) is 12.7. The van der Waals surface area contributed by atoms with Gasteiger partial charge in [-0.1, -0.05) is 19.9 Å². The first-order chi connectivity index (χ1) is 8.57. The molecule has 3 atom stereocenters. The van der Waals surface area contributed by atoms with Crippen LogP contribution >= 0.6 is 11.3 Å². The maximum absolute atomic E-state index is 6.14. The van der Waals surface area contributed by atoms with Crippen LogP contribution in [0.1, 0.15) is 38.0 Å². The fourth-order valence-corrected chi connectivity index (χ4v) is 3.93. The van der Waals surface area contributed by atoms with Crippen LogP contribution in [0.2, 0.25) is 0 Å². The zero-order chi connectivity index (χ0) is 13.2. The fraction of sp³-hybridized carbons (Fsp3) is 0.733. The Morgan fingerprint density at radius 3 is 2.78 bits per heavy atom. The topological polar surface area (TPSA) is 29.3 Å². The van der Waals surface area contributed by atoms with E-state index < -0.39 is 0 Å². The summed E-state index contributed by atoms with van der Waals surface area (Å²) in [5.41, 5.74) is 6.36. The number of rotatable bonds is 4. The molecule has 1 aromatic heterocycles. The molecule has 0 amide bonds. The largest absolute Gasteiger partial charge is 0.329 e. The van der Waals surface area contributed by atoms with Crippen molar-refractivity contribution in [3.8, 4) is 0 Å². The maximum atomic E-state index is 6.14. The Balaban J connectivity index is 2.07. The highest BCUT2D eigenvalue weighted by Gasteiger charge is 2.39. The van der Waals surface area contributed by atoms with Crippen LogP contribution in [0.5, 0.6) is 0 Å². The van der Waals surface area contributed by atoms with E-state index in [9.17, 15) is 0 Å². The van der Waals surface area contributed by atoms with Crippen LogP contribution in [0, 0.1) is 11.8 Å². The first-order valence-corrected chi connectivity index (χ1v) is 7.89. The molecule has 1 saturated carbocycles. The van der Waals surface area contributed by atoms with Crippen molar-refractivity contribution < 1.29 is 0 Å². The molecule has 1 aliphatic carbocycles. The summed E-state index contributed by atoms with van der Waals surface area (Å²) < 4.78 is 0. The van der Waals surface area contributed by atoms with E-state index in [1.165, 1.54) is 24.1 Å². The van der Waals surface area contributed by atoms with Crippen LogP contribution in [-0.4, -0.2) is 24.0 Å². The molecule has 3 heteroatoms. The van der Waals surface area contributed by atoms with Crippen molar-refractivity contribution in [1.82, 2.24) is 4.90 Å². The van der Waals surface area contributed by atoms with Gasteiger partial charge in [-0.2, -0.15) is 0 Å². The summed E-state index contributed by atoms with van der Waals surface area (Å²) in [5.74, 6) is 1.63. The summed E-state index contributed by atoms with van der Waals surface area (Å²) in [6, 6.07) is 4.36. The standard InChI is InChI=1S/C15H26N2S/c1-12-6-7-15(11-16,9-13(12)2)17(3)10-14-5-4-8-18-14/h4-5,8,12-13H,6-7,9-11,16H2,1-3H3. The van der Waals surface area contributed by atoms with Gasteiger partial charge in [0, 0.05) is 23.5 Å². The lowest BCUT2D eigenvalue weighted by Gasteiger charge is -2.48. The molecule has 0 radical (unpaired) electrons. The van der Waals surface area contributed by atoms with Crippen LogP contribution in [0.3, 0.4) is 0 Å². The Labute approximate surface area is 115 Å². The van der Waals surface area contributed by atoms with Crippen molar-refractivity contribution in [2.75, 3.05) is 13.6 Å². The Hall–Kier alpha value is -0.380. The summed E-state index contributed by atoms with van der Waals surface area (Å²) in [6.07, 6.45) is 3.80. The highest BCUT2D eigenvalue weighted by Crippen LogP contribution is 2.39. The highest BCUT2D eigenvalue weighted by atomic mass is 32.1. The molecule has 2 rings (SSSR count). The van der Waals surface area contributed by atoms with Crippen molar-refractivity contribution in [3.05, 3.63) is 22.4 Å². The van der Waals surface area contributed by atoms with Gasteiger partial charge in [0.1, 0.15) is 0 Å². The molecular formula is C15H26N2S. The first kappa shape index (κ1) is 14.0. The van der Waals surface area contributed by atoms with Gasteiger partial charge >= 0.3 is 0 Å². The highest BCUT2D eigenvalue weighted by molar-refractivity contribution is 7.09. The number of likely N-dealkylation sites (N-methyl/N-ethyl adjacent to an activating group) is 1.